The van der Waals surface area contributed by atoms with Crippen molar-refractivity contribution in [2.24, 2.45) is 0 Å². The van der Waals surface area contributed by atoms with E-state index in [0.29, 0.717) is 5.56 Å². The van der Waals surface area contributed by atoms with Gasteiger partial charge in [0, 0.05) is 12.0 Å². The van der Waals surface area contributed by atoms with Gasteiger partial charge in [-0.15, -0.1) is 0 Å². The van der Waals surface area contributed by atoms with E-state index in [9.17, 15) is 14.7 Å². The molecule has 1 unspecified atom stereocenters. The molecule has 2 rings (SSSR count). The lowest BCUT2D eigenvalue weighted by Crippen LogP contribution is -2.43. The number of rotatable bonds is 5. The zero-order valence-corrected chi connectivity index (χ0v) is 12.2. The van der Waals surface area contributed by atoms with Gasteiger partial charge in [0.15, 0.2) is 0 Å². The Labute approximate surface area is 128 Å². The van der Waals surface area contributed by atoms with Crippen LogP contribution in [0.15, 0.2) is 54.6 Å². The number of benzene rings is 2. The number of phenols is 1. The van der Waals surface area contributed by atoms with E-state index >= 15 is 0 Å². The van der Waals surface area contributed by atoms with E-state index < -0.39 is 12.0 Å². The molecular weight excluding hydrogens is 282 g/mol. The van der Waals surface area contributed by atoms with E-state index in [1.807, 2.05) is 0 Å². The number of esters is 1. The maximum absolute atomic E-state index is 12.2. The SMILES string of the molecule is COC(=O)C(Cc1cccc(O)c1)NC(=O)c1ccccc1. The second-order valence-corrected chi connectivity index (χ2v) is 4.79. The third kappa shape index (κ3) is 4.09. The van der Waals surface area contributed by atoms with Gasteiger partial charge in [-0.05, 0) is 29.8 Å². The molecule has 0 saturated heterocycles. The van der Waals surface area contributed by atoms with Crippen LogP contribution in [-0.2, 0) is 16.0 Å². The van der Waals surface area contributed by atoms with E-state index in [1.54, 1.807) is 54.6 Å². The lowest BCUT2D eigenvalue weighted by molar-refractivity contribution is -0.142. The summed E-state index contributed by atoms with van der Waals surface area (Å²) < 4.78 is 4.74. The van der Waals surface area contributed by atoms with E-state index in [4.69, 9.17) is 4.74 Å². The Morgan fingerprint density at radius 1 is 1.14 bits per heavy atom. The molecule has 1 atom stereocenters. The first kappa shape index (κ1) is 15.6. The number of carbonyl (C=O) groups excluding carboxylic acids is 2. The fourth-order valence-corrected chi connectivity index (χ4v) is 2.09. The van der Waals surface area contributed by atoms with Crippen LogP contribution in [-0.4, -0.2) is 30.1 Å². The van der Waals surface area contributed by atoms with E-state index in [2.05, 4.69) is 5.32 Å². The Morgan fingerprint density at radius 3 is 2.50 bits per heavy atom. The van der Waals surface area contributed by atoms with Gasteiger partial charge in [-0.2, -0.15) is 0 Å². The minimum absolute atomic E-state index is 0.107. The molecular formula is C17H17NO4. The lowest BCUT2D eigenvalue weighted by Gasteiger charge is -2.16. The molecule has 0 aromatic heterocycles. The molecule has 0 aliphatic carbocycles. The number of carbonyl (C=O) groups is 2. The quantitative estimate of drug-likeness (QED) is 0.827. The number of nitrogens with one attached hydrogen (secondary N) is 1. The Morgan fingerprint density at radius 2 is 1.86 bits per heavy atom. The first-order chi connectivity index (χ1) is 10.6. The van der Waals surface area contributed by atoms with Gasteiger partial charge in [0.25, 0.3) is 5.91 Å². The van der Waals surface area contributed by atoms with Crippen molar-refractivity contribution in [1.29, 1.82) is 0 Å². The van der Waals surface area contributed by atoms with E-state index in [1.165, 1.54) is 7.11 Å². The number of hydrogen-bond donors (Lipinski definition) is 2. The van der Waals surface area contributed by atoms with Crippen molar-refractivity contribution in [2.75, 3.05) is 7.11 Å². The average Bonchev–Trinajstić information content (AvgIpc) is 2.54. The van der Waals surface area contributed by atoms with Crippen LogP contribution < -0.4 is 5.32 Å². The van der Waals surface area contributed by atoms with Crippen LogP contribution in [0.4, 0.5) is 0 Å². The topological polar surface area (TPSA) is 75.6 Å². The van der Waals surface area contributed by atoms with Gasteiger partial charge in [0.05, 0.1) is 7.11 Å². The predicted molar refractivity (Wildman–Crippen MR) is 81.5 cm³/mol. The summed E-state index contributed by atoms with van der Waals surface area (Å²) in [5.74, 6) is -0.778. The first-order valence-corrected chi connectivity index (χ1v) is 6.82. The van der Waals surface area contributed by atoms with Crippen LogP contribution >= 0.6 is 0 Å². The second kappa shape index (κ2) is 7.26. The Kier molecular flexibility index (Phi) is 5.14. The summed E-state index contributed by atoms with van der Waals surface area (Å²) in [6.07, 6.45) is 0.236. The minimum Gasteiger partial charge on any atom is -0.508 e. The second-order valence-electron chi connectivity index (χ2n) is 4.79. The van der Waals surface area contributed by atoms with Crippen molar-refractivity contribution in [2.45, 2.75) is 12.5 Å². The van der Waals surface area contributed by atoms with Gasteiger partial charge in [-0.1, -0.05) is 30.3 Å². The number of methoxy groups -OCH3 is 1. The van der Waals surface area contributed by atoms with Crippen molar-refractivity contribution in [3.05, 3.63) is 65.7 Å². The van der Waals surface area contributed by atoms with Crippen LogP contribution in [0, 0.1) is 0 Å². The van der Waals surface area contributed by atoms with E-state index in [-0.39, 0.29) is 18.1 Å². The standard InChI is InChI=1S/C17H17NO4/c1-22-17(21)15(11-12-6-5-9-14(19)10-12)18-16(20)13-7-3-2-4-8-13/h2-10,15,19H,11H2,1H3,(H,18,20). The summed E-state index contributed by atoms with van der Waals surface area (Å²) in [5.41, 5.74) is 1.19. The number of phenolic OH excluding ortho intramolecular Hbond substituents is 1. The molecule has 0 saturated carbocycles. The summed E-state index contributed by atoms with van der Waals surface area (Å²) in [5, 5.41) is 12.1. The fourth-order valence-electron chi connectivity index (χ4n) is 2.09. The Hall–Kier alpha value is -2.82. The molecule has 0 spiro atoms. The summed E-state index contributed by atoms with van der Waals surface area (Å²) in [4.78, 5) is 24.0. The van der Waals surface area contributed by atoms with Gasteiger partial charge >= 0.3 is 5.97 Å². The number of aromatic hydroxyl groups is 1. The monoisotopic (exact) mass is 299 g/mol. The zero-order valence-electron chi connectivity index (χ0n) is 12.2. The fraction of sp³-hybridized carbons (Fsp3) is 0.176. The zero-order chi connectivity index (χ0) is 15.9. The Bertz CT molecular complexity index is 655. The summed E-state index contributed by atoms with van der Waals surface area (Å²) >= 11 is 0. The molecule has 5 nitrogen and oxygen atoms in total. The minimum atomic E-state index is -0.820. The highest BCUT2D eigenvalue weighted by Crippen LogP contribution is 2.13. The number of hydrogen-bond acceptors (Lipinski definition) is 4. The molecule has 0 aliphatic heterocycles. The van der Waals surface area contributed by atoms with Crippen molar-refractivity contribution < 1.29 is 19.4 Å². The molecule has 22 heavy (non-hydrogen) atoms. The third-order valence-corrected chi connectivity index (χ3v) is 3.18. The highest BCUT2D eigenvalue weighted by molar-refractivity contribution is 5.96. The summed E-state index contributed by atoms with van der Waals surface area (Å²) in [6, 6.07) is 14.3. The number of amides is 1. The first-order valence-electron chi connectivity index (χ1n) is 6.82. The number of ether oxygens (including phenoxy) is 1. The largest absolute Gasteiger partial charge is 0.508 e. The normalized spacial score (nSPS) is 11.5. The van der Waals surface area contributed by atoms with E-state index in [0.717, 1.165) is 5.56 Å². The Balaban J connectivity index is 2.13. The van der Waals surface area contributed by atoms with Crippen molar-refractivity contribution in [3.63, 3.8) is 0 Å². The van der Waals surface area contributed by atoms with Gasteiger partial charge < -0.3 is 15.2 Å². The molecule has 0 heterocycles. The van der Waals surface area contributed by atoms with Crippen molar-refractivity contribution in [1.82, 2.24) is 5.32 Å². The maximum atomic E-state index is 12.2. The molecule has 1 amide bonds. The molecule has 0 bridgehead atoms. The van der Waals surface area contributed by atoms with Gasteiger partial charge in [0.1, 0.15) is 11.8 Å². The molecule has 114 valence electrons. The smallest absolute Gasteiger partial charge is 0.328 e. The molecule has 2 N–H and O–H groups in total. The molecule has 2 aromatic rings. The average molecular weight is 299 g/mol. The van der Waals surface area contributed by atoms with Crippen LogP contribution in [0.25, 0.3) is 0 Å². The molecule has 2 aromatic carbocycles. The van der Waals surface area contributed by atoms with Gasteiger partial charge in [-0.25, -0.2) is 4.79 Å². The molecule has 0 aliphatic rings. The molecule has 0 radical (unpaired) electrons. The van der Waals surface area contributed by atoms with Crippen LogP contribution in [0.5, 0.6) is 5.75 Å². The highest BCUT2D eigenvalue weighted by atomic mass is 16.5. The van der Waals surface area contributed by atoms with Crippen molar-refractivity contribution >= 4 is 11.9 Å². The van der Waals surface area contributed by atoms with Crippen LogP contribution in [0.1, 0.15) is 15.9 Å². The summed E-state index contributed by atoms with van der Waals surface area (Å²) in [7, 11) is 1.27. The third-order valence-electron chi connectivity index (χ3n) is 3.18. The van der Waals surface area contributed by atoms with Gasteiger partial charge in [0.2, 0.25) is 0 Å². The van der Waals surface area contributed by atoms with Crippen molar-refractivity contribution in [3.8, 4) is 5.75 Å². The lowest BCUT2D eigenvalue weighted by atomic mass is 10.0. The molecule has 5 heteroatoms. The van der Waals surface area contributed by atoms with Gasteiger partial charge in [-0.3, -0.25) is 4.79 Å². The van der Waals surface area contributed by atoms with Crippen LogP contribution in [0.3, 0.4) is 0 Å². The predicted octanol–water partition coefficient (Wildman–Crippen LogP) is 1.91. The van der Waals surface area contributed by atoms with Crippen LogP contribution in [0.2, 0.25) is 0 Å². The highest BCUT2D eigenvalue weighted by Gasteiger charge is 2.22. The molecule has 0 fully saturated rings. The summed E-state index contributed by atoms with van der Waals surface area (Å²) in [6.45, 7) is 0. The maximum Gasteiger partial charge on any atom is 0.328 e.